The van der Waals surface area contributed by atoms with Crippen LogP contribution in [-0.2, 0) is 11.3 Å². The molecule has 6 heteroatoms. The van der Waals surface area contributed by atoms with Crippen LogP contribution in [0.5, 0.6) is 0 Å². The lowest BCUT2D eigenvalue weighted by atomic mass is 10.2. The van der Waals surface area contributed by atoms with Gasteiger partial charge in [-0.05, 0) is 18.2 Å². The van der Waals surface area contributed by atoms with Crippen molar-refractivity contribution in [3.63, 3.8) is 0 Å². The number of halogens is 1. The van der Waals surface area contributed by atoms with E-state index >= 15 is 0 Å². The second-order valence-electron chi connectivity index (χ2n) is 3.70. The summed E-state index contributed by atoms with van der Waals surface area (Å²) in [6.07, 6.45) is 1.73. The van der Waals surface area contributed by atoms with Gasteiger partial charge in [-0.25, -0.2) is 4.39 Å². The molecule has 0 aliphatic rings. The first kappa shape index (κ1) is 12.5. The smallest absolute Gasteiger partial charge is 0.221 e. The molecule has 2 rings (SSSR count). The Bertz CT molecular complexity index is 542. The molecule has 1 amide bonds. The predicted molar refractivity (Wildman–Crippen MR) is 70.1 cm³/mol. The molecule has 18 heavy (non-hydrogen) atoms. The van der Waals surface area contributed by atoms with E-state index in [1.165, 1.54) is 30.4 Å². The Balaban J connectivity index is 2.08. The molecule has 0 saturated heterocycles. The number of aromatic nitrogens is 1. The van der Waals surface area contributed by atoms with Crippen LogP contribution >= 0.6 is 11.3 Å². The van der Waals surface area contributed by atoms with Crippen LogP contribution in [0.3, 0.4) is 0 Å². The van der Waals surface area contributed by atoms with Crippen molar-refractivity contribution in [1.29, 1.82) is 0 Å². The van der Waals surface area contributed by atoms with Gasteiger partial charge in [-0.15, -0.1) is 11.3 Å². The van der Waals surface area contributed by atoms with Crippen molar-refractivity contribution < 1.29 is 9.18 Å². The van der Waals surface area contributed by atoms with E-state index < -0.39 is 0 Å². The number of amides is 1. The largest absolute Gasteiger partial charge is 0.378 e. The lowest BCUT2D eigenvalue weighted by Crippen LogP contribution is -2.07. The first-order valence-electron chi connectivity index (χ1n) is 5.33. The second-order valence-corrected chi connectivity index (χ2v) is 4.67. The maximum atomic E-state index is 13.5. The Morgan fingerprint density at radius 2 is 2.33 bits per heavy atom. The highest BCUT2D eigenvalue weighted by atomic mass is 32.1. The molecule has 0 radical (unpaired) electrons. The fraction of sp³-hybridized carbons (Fsp3) is 0.167. The predicted octanol–water partition coefficient (Wildman–Crippen LogP) is 2.85. The zero-order valence-electron chi connectivity index (χ0n) is 9.74. The van der Waals surface area contributed by atoms with Crippen LogP contribution in [-0.4, -0.2) is 10.9 Å². The number of nitrogens with one attached hydrogen (secondary N) is 2. The highest BCUT2D eigenvalue weighted by Gasteiger charge is 2.05. The van der Waals surface area contributed by atoms with Gasteiger partial charge < -0.3 is 10.6 Å². The van der Waals surface area contributed by atoms with Gasteiger partial charge >= 0.3 is 0 Å². The summed E-state index contributed by atoms with van der Waals surface area (Å²) < 4.78 is 13.5. The van der Waals surface area contributed by atoms with Crippen molar-refractivity contribution in [3.8, 4) is 0 Å². The van der Waals surface area contributed by atoms with E-state index in [0.29, 0.717) is 17.9 Å². The number of carbonyl (C=O) groups excluding carboxylic acids is 1. The summed E-state index contributed by atoms with van der Waals surface area (Å²) >= 11 is 1.50. The van der Waals surface area contributed by atoms with E-state index in [4.69, 9.17) is 0 Å². The fourth-order valence-corrected chi connectivity index (χ4v) is 1.99. The number of nitrogens with zero attached hydrogens (tertiary/aromatic N) is 1. The van der Waals surface area contributed by atoms with Gasteiger partial charge in [0, 0.05) is 23.7 Å². The minimum Gasteiger partial charge on any atom is -0.378 e. The summed E-state index contributed by atoms with van der Waals surface area (Å²) in [5.74, 6) is -0.538. The molecular formula is C12H12FN3OS. The van der Waals surface area contributed by atoms with Crippen LogP contribution < -0.4 is 10.6 Å². The number of carbonyl (C=O) groups is 1. The summed E-state index contributed by atoms with van der Waals surface area (Å²) in [5, 5.41) is 5.58. The van der Waals surface area contributed by atoms with Crippen molar-refractivity contribution in [1.82, 2.24) is 4.98 Å². The molecule has 0 fully saturated rings. The van der Waals surface area contributed by atoms with Crippen molar-refractivity contribution in [2.75, 3.05) is 10.6 Å². The minimum absolute atomic E-state index is 0.185. The zero-order chi connectivity index (χ0) is 13.0. The number of thiazole rings is 1. The van der Waals surface area contributed by atoms with E-state index in [9.17, 15) is 9.18 Å². The molecule has 0 aliphatic heterocycles. The van der Waals surface area contributed by atoms with Gasteiger partial charge in [0.25, 0.3) is 0 Å². The van der Waals surface area contributed by atoms with Crippen LogP contribution in [0.25, 0.3) is 0 Å². The standard InChI is InChI=1S/C12H12FN3OS/c1-8(17)16-9-2-3-11(13)12(4-9)15-6-10-5-14-7-18-10/h2-5,7,15H,6H2,1H3,(H,16,17). The Morgan fingerprint density at radius 3 is 3.00 bits per heavy atom. The monoisotopic (exact) mass is 265 g/mol. The molecule has 0 saturated carbocycles. The third-order valence-electron chi connectivity index (χ3n) is 2.22. The topological polar surface area (TPSA) is 54.0 Å². The number of hydrogen-bond acceptors (Lipinski definition) is 4. The Hall–Kier alpha value is -1.95. The van der Waals surface area contributed by atoms with E-state index in [-0.39, 0.29) is 11.7 Å². The van der Waals surface area contributed by atoms with E-state index in [1.54, 1.807) is 17.8 Å². The Labute approximate surface area is 108 Å². The molecule has 0 bridgehead atoms. The minimum atomic E-state index is -0.353. The zero-order valence-corrected chi connectivity index (χ0v) is 10.6. The normalized spacial score (nSPS) is 10.1. The molecule has 4 nitrogen and oxygen atoms in total. The Morgan fingerprint density at radius 1 is 1.50 bits per heavy atom. The molecule has 0 atom stereocenters. The number of benzene rings is 1. The van der Waals surface area contributed by atoms with Gasteiger partial charge in [0.15, 0.2) is 0 Å². The van der Waals surface area contributed by atoms with E-state index in [1.807, 2.05) is 0 Å². The van der Waals surface area contributed by atoms with Gasteiger partial charge in [-0.2, -0.15) is 0 Å². The maximum absolute atomic E-state index is 13.5. The quantitative estimate of drug-likeness (QED) is 0.893. The SMILES string of the molecule is CC(=O)Nc1ccc(F)c(NCc2cncs2)c1. The molecule has 0 aliphatic carbocycles. The van der Waals surface area contributed by atoms with Gasteiger partial charge in [0.2, 0.25) is 5.91 Å². The van der Waals surface area contributed by atoms with Crippen LogP contribution in [0.2, 0.25) is 0 Å². The average molecular weight is 265 g/mol. The van der Waals surface area contributed by atoms with Gasteiger partial charge in [-0.3, -0.25) is 9.78 Å². The molecule has 94 valence electrons. The fourth-order valence-electron chi connectivity index (χ4n) is 1.45. The third kappa shape index (κ3) is 3.27. The third-order valence-corrected chi connectivity index (χ3v) is 3.00. The summed E-state index contributed by atoms with van der Waals surface area (Å²) in [7, 11) is 0. The molecule has 1 aromatic heterocycles. The highest BCUT2D eigenvalue weighted by molar-refractivity contribution is 7.09. The van der Waals surface area contributed by atoms with Gasteiger partial charge in [0.1, 0.15) is 5.82 Å². The van der Waals surface area contributed by atoms with E-state index in [0.717, 1.165) is 4.88 Å². The average Bonchev–Trinajstić information content (AvgIpc) is 2.82. The van der Waals surface area contributed by atoms with Crippen LogP contribution in [0.1, 0.15) is 11.8 Å². The van der Waals surface area contributed by atoms with Crippen molar-refractivity contribution >= 4 is 28.6 Å². The van der Waals surface area contributed by atoms with Crippen molar-refractivity contribution in [2.24, 2.45) is 0 Å². The summed E-state index contributed by atoms with van der Waals surface area (Å²) in [4.78, 5) is 15.9. The molecule has 0 spiro atoms. The number of rotatable bonds is 4. The molecular weight excluding hydrogens is 253 g/mol. The second kappa shape index (κ2) is 5.59. The first-order chi connectivity index (χ1) is 8.65. The first-order valence-corrected chi connectivity index (χ1v) is 6.21. The molecule has 1 aromatic carbocycles. The van der Waals surface area contributed by atoms with Crippen LogP contribution in [0.4, 0.5) is 15.8 Å². The number of hydrogen-bond donors (Lipinski definition) is 2. The Kier molecular flexibility index (Phi) is 3.88. The maximum Gasteiger partial charge on any atom is 0.221 e. The lowest BCUT2D eigenvalue weighted by Gasteiger charge is -2.09. The van der Waals surface area contributed by atoms with Gasteiger partial charge in [-0.1, -0.05) is 0 Å². The van der Waals surface area contributed by atoms with Crippen LogP contribution in [0.15, 0.2) is 29.9 Å². The lowest BCUT2D eigenvalue weighted by molar-refractivity contribution is -0.114. The summed E-state index contributed by atoms with van der Waals surface area (Å²) in [5.41, 5.74) is 2.64. The summed E-state index contributed by atoms with van der Waals surface area (Å²) in [6, 6.07) is 4.41. The summed E-state index contributed by atoms with van der Waals surface area (Å²) in [6.45, 7) is 1.92. The number of anilines is 2. The van der Waals surface area contributed by atoms with Crippen molar-refractivity contribution in [2.45, 2.75) is 13.5 Å². The molecule has 0 unspecified atom stereocenters. The molecule has 1 heterocycles. The van der Waals surface area contributed by atoms with Crippen LogP contribution in [0, 0.1) is 5.82 Å². The van der Waals surface area contributed by atoms with Crippen molar-refractivity contribution in [3.05, 3.63) is 40.6 Å². The molecule has 2 N–H and O–H groups in total. The van der Waals surface area contributed by atoms with Gasteiger partial charge in [0.05, 0.1) is 17.7 Å². The molecule has 2 aromatic rings. The van der Waals surface area contributed by atoms with E-state index in [2.05, 4.69) is 15.6 Å². The highest BCUT2D eigenvalue weighted by Crippen LogP contribution is 2.20.